The van der Waals surface area contributed by atoms with E-state index in [0.717, 1.165) is 36.8 Å². The average Bonchev–Trinajstić information content (AvgIpc) is 3.90. The zero-order valence-electron chi connectivity index (χ0n) is 38.0. The van der Waals surface area contributed by atoms with E-state index in [4.69, 9.17) is 14.2 Å². The molecule has 5 unspecified atom stereocenters. The zero-order valence-corrected chi connectivity index (χ0v) is 38.0. The van der Waals surface area contributed by atoms with E-state index in [9.17, 15) is 19.2 Å². The summed E-state index contributed by atoms with van der Waals surface area (Å²) in [6, 6.07) is 11.1. The van der Waals surface area contributed by atoms with Crippen LogP contribution in [-0.2, 0) is 25.5 Å². The largest absolute Gasteiger partial charge is 0.371 e. The molecular formula is C48H71N5O7. The smallest absolute Gasteiger partial charge is 0.351 e. The lowest BCUT2D eigenvalue weighted by atomic mass is 10.1. The predicted molar refractivity (Wildman–Crippen MR) is 245 cm³/mol. The molecule has 1 amide bonds. The predicted octanol–water partition coefficient (Wildman–Crippen LogP) is 9.62. The zero-order chi connectivity index (χ0) is 45.2. The van der Waals surface area contributed by atoms with E-state index in [1.165, 1.54) is 13.7 Å². The molecule has 2 saturated heterocycles. The molecular weight excluding hydrogens is 759 g/mol. The van der Waals surface area contributed by atoms with Crippen LogP contribution >= 0.6 is 0 Å². The Balaban J connectivity index is 0.000000530. The molecule has 5 atom stereocenters. The van der Waals surface area contributed by atoms with Crippen molar-refractivity contribution in [1.29, 1.82) is 0 Å². The van der Waals surface area contributed by atoms with Crippen LogP contribution in [0, 0.1) is 6.92 Å². The van der Waals surface area contributed by atoms with Crippen LogP contribution in [0.3, 0.4) is 0 Å². The van der Waals surface area contributed by atoms with E-state index in [-0.39, 0.29) is 54.1 Å². The Kier molecular flexibility index (Phi) is 25.6. The van der Waals surface area contributed by atoms with Gasteiger partial charge in [-0.05, 0) is 63.7 Å². The summed E-state index contributed by atoms with van der Waals surface area (Å²) in [5.41, 5.74) is 1.73. The first-order chi connectivity index (χ1) is 29.0. The third-order valence-electron chi connectivity index (χ3n) is 8.99. The van der Waals surface area contributed by atoms with Crippen LogP contribution in [0.25, 0.3) is 0 Å². The minimum Gasteiger partial charge on any atom is -0.371 e. The standard InChI is InChI=1S/C24H28N2O4.C16H19N3O3.4C2H6/c1-5-6-10-17(2)16-29-21-13-22(30-19(21)4)25-14-18(3)23(27)26(24(25)28)15-20-11-8-7-9-12-20;1-11-7-8-14(22-11)19-10-9-13(18-16(19)21)17-15(20)12-5-3-2-4-6-12;4*1-2/h5-12,14,19,21-22H,1-2,13,15-16H2,3-4H3;3,5-6,9-11,14H,2,4,7-8H2,1H3,(H,17,18,20,21);4*1-2H3/b10-6-;;;;;. The summed E-state index contributed by atoms with van der Waals surface area (Å²) in [7, 11) is 0. The number of nitrogens with zero attached hydrogens (tertiary/aromatic N) is 4. The molecule has 3 aliphatic rings. The first kappa shape index (κ1) is 52.8. The van der Waals surface area contributed by atoms with E-state index in [1.807, 2.05) is 118 Å². The van der Waals surface area contributed by atoms with Gasteiger partial charge in [0.2, 0.25) is 0 Å². The molecule has 0 saturated carbocycles. The Morgan fingerprint density at radius 1 is 0.933 bits per heavy atom. The van der Waals surface area contributed by atoms with Gasteiger partial charge in [0, 0.05) is 30.0 Å². The topological polar surface area (TPSA) is 136 Å². The summed E-state index contributed by atoms with van der Waals surface area (Å²) in [5.74, 6) is 0.0171. The molecule has 12 nitrogen and oxygen atoms in total. The number of benzene rings is 1. The number of nitrogens with one attached hydrogen (secondary N) is 1. The summed E-state index contributed by atoms with van der Waals surface area (Å²) in [6.45, 7) is 29.8. The highest BCUT2D eigenvalue weighted by atomic mass is 16.6. The van der Waals surface area contributed by atoms with Gasteiger partial charge < -0.3 is 19.5 Å². The number of rotatable bonds is 11. The van der Waals surface area contributed by atoms with Crippen molar-refractivity contribution in [2.45, 2.75) is 146 Å². The van der Waals surface area contributed by atoms with Crippen molar-refractivity contribution in [3.63, 3.8) is 0 Å². The van der Waals surface area contributed by atoms with Crippen molar-refractivity contribution in [2.75, 3.05) is 11.9 Å². The molecule has 12 heteroatoms. The summed E-state index contributed by atoms with van der Waals surface area (Å²) < 4.78 is 21.9. The third-order valence-corrected chi connectivity index (χ3v) is 8.99. The SMILES string of the molecule is C=C/C=C\C(=C)COC1CC(n2cc(C)c(=O)n(Cc3ccccc3)c2=O)OC1C.CC.CC.CC.CC.CC1CCC(n2ccc(NC(=O)C3=CCCC=C3)nc2=O)O1. The van der Waals surface area contributed by atoms with Gasteiger partial charge in [-0.3, -0.25) is 23.3 Å². The highest BCUT2D eigenvalue weighted by Gasteiger charge is 2.35. The van der Waals surface area contributed by atoms with Gasteiger partial charge in [0.05, 0.1) is 31.5 Å². The van der Waals surface area contributed by atoms with Crippen LogP contribution in [0.5, 0.6) is 0 Å². The van der Waals surface area contributed by atoms with Gasteiger partial charge in [0.15, 0.2) is 0 Å². The molecule has 1 aliphatic carbocycles. The lowest BCUT2D eigenvalue weighted by Crippen LogP contribution is -2.42. The summed E-state index contributed by atoms with van der Waals surface area (Å²) in [6.07, 6.45) is 17.2. The molecule has 4 heterocycles. The normalized spacial score (nSPS) is 19.9. The highest BCUT2D eigenvalue weighted by Crippen LogP contribution is 2.30. The van der Waals surface area contributed by atoms with Crippen LogP contribution in [0.2, 0.25) is 0 Å². The Morgan fingerprint density at radius 2 is 1.62 bits per heavy atom. The summed E-state index contributed by atoms with van der Waals surface area (Å²) >= 11 is 0. The van der Waals surface area contributed by atoms with Crippen LogP contribution in [0.15, 0.2) is 124 Å². The Morgan fingerprint density at radius 3 is 2.20 bits per heavy atom. The van der Waals surface area contributed by atoms with Crippen LogP contribution in [0.4, 0.5) is 5.82 Å². The number of aromatic nitrogens is 4. The van der Waals surface area contributed by atoms with E-state index >= 15 is 0 Å². The fourth-order valence-corrected chi connectivity index (χ4v) is 6.16. The van der Waals surface area contributed by atoms with Crippen molar-refractivity contribution in [2.24, 2.45) is 0 Å². The Bertz CT molecular complexity index is 2030. The molecule has 3 aromatic rings. The van der Waals surface area contributed by atoms with E-state index in [2.05, 4.69) is 23.5 Å². The number of hydrogen-bond donors (Lipinski definition) is 1. The Labute approximate surface area is 358 Å². The van der Waals surface area contributed by atoms with Gasteiger partial charge in [-0.15, -0.1) is 0 Å². The fraction of sp³-hybridized carbons (Fsp3) is 0.479. The minimum absolute atomic E-state index is 0.154. The number of carbonyl (C=O) groups is 1. The monoisotopic (exact) mass is 830 g/mol. The maximum absolute atomic E-state index is 13.1. The first-order valence-corrected chi connectivity index (χ1v) is 21.6. The molecule has 6 rings (SSSR count). The van der Waals surface area contributed by atoms with Crippen molar-refractivity contribution < 1.29 is 19.0 Å². The van der Waals surface area contributed by atoms with Crippen LogP contribution < -0.4 is 22.3 Å². The number of ether oxygens (including phenoxy) is 3. The molecule has 330 valence electrons. The minimum atomic E-state index is -0.490. The maximum Gasteiger partial charge on any atom is 0.351 e. The molecule has 0 spiro atoms. The van der Waals surface area contributed by atoms with Gasteiger partial charge in [-0.25, -0.2) is 9.59 Å². The van der Waals surface area contributed by atoms with E-state index < -0.39 is 11.9 Å². The quantitative estimate of drug-likeness (QED) is 0.189. The van der Waals surface area contributed by atoms with Crippen molar-refractivity contribution in [3.05, 3.63) is 152 Å². The molecule has 1 N–H and O–H groups in total. The molecule has 0 bridgehead atoms. The van der Waals surface area contributed by atoms with Gasteiger partial charge in [-0.1, -0.05) is 135 Å². The van der Waals surface area contributed by atoms with Gasteiger partial charge >= 0.3 is 11.4 Å². The molecule has 2 fully saturated rings. The summed E-state index contributed by atoms with van der Waals surface area (Å²) in [5, 5.41) is 2.66. The van der Waals surface area contributed by atoms with Gasteiger partial charge in [0.25, 0.3) is 11.5 Å². The van der Waals surface area contributed by atoms with Crippen molar-refractivity contribution in [1.82, 2.24) is 18.7 Å². The molecule has 60 heavy (non-hydrogen) atoms. The second-order valence-electron chi connectivity index (χ2n) is 13.1. The number of hydrogen-bond acceptors (Lipinski definition) is 8. The second-order valence-corrected chi connectivity index (χ2v) is 13.1. The van der Waals surface area contributed by atoms with Crippen LogP contribution in [-0.4, -0.2) is 49.5 Å². The molecule has 2 aromatic heterocycles. The van der Waals surface area contributed by atoms with Crippen molar-refractivity contribution >= 4 is 11.7 Å². The second kappa shape index (κ2) is 29.1. The average molecular weight is 830 g/mol. The van der Waals surface area contributed by atoms with E-state index in [1.54, 1.807) is 43.6 Å². The van der Waals surface area contributed by atoms with E-state index in [0.29, 0.717) is 24.2 Å². The third kappa shape index (κ3) is 16.1. The maximum atomic E-state index is 13.1. The highest BCUT2D eigenvalue weighted by molar-refractivity contribution is 6.05. The van der Waals surface area contributed by atoms with Crippen LogP contribution in [0.1, 0.15) is 125 Å². The van der Waals surface area contributed by atoms with Gasteiger partial charge in [-0.2, -0.15) is 4.98 Å². The molecule has 1 aromatic carbocycles. The number of amides is 1. The fourth-order valence-electron chi connectivity index (χ4n) is 6.16. The van der Waals surface area contributed by atoms with Gasteiger partial charge in [0.1, 0.15) is 18.3 Å². The molecule has 0 radical (unpaired) electrons. The summed E-state index contributed by atoms with van der Waals surface area (Å²) in [4.78, 5) is 53.8. The first-order valence-electron chi connectivity index (χ1n) is 21.6. The number of allylic oxidation sites excluding steroid dienone is 4. The number of aryl methyl sites for hydroxylation is 1. The van der Waals surface area contributed by atoms with Crippen molar-refractivity contribution in [3.8, 4) is 0 Å². The number of anilines is 1. The lowest BCUT2D eigenvalue weighted by molar-refractivity contribution is -0.112. The molecule has 2 aliphatic heterocycles. The Hall–Kier alpha value is -5.17. The number of carbonyl (C=O) groups excluding carboxylic acids is 1. The lowest BCUT2D eigenvalue weighted by Gasteiger charge is -2.17.